The van der Waals surface area contributed by atoms with Gasteiger partial charge in [-0.1, -0.05) is 6.07 Å². The molecule has 1 aromatic carbocycles. The van der Waals surface area contributed by atoms with Crippen molar-refractivity contribution in [2.75, 3.05) is 7.11 Å². The molecule has 3 heteroatoms. The summed E-state index contributed by atoms with van der Waals surface area (Å²) in [7, 11) is 1.36. The van der Waals surface area contributed by atoms with E-state index in [0.29, 0.717) is 11.1 Å². The number of carbonyl (C=O) groups is 1. The first kappa shape index (κ1) is 11.7. The Balaban J connectivity index is 0.00000121. The first-order chi connectivity index (χ1) is 5.25. The van der Waals surface area contributed by atoms with Crippen molar-refractivity contribution >= 4 is 5.97 Å². The maximum Gasteiger partial charge on any atom is 0.281 e. The van der Waals surface area contributed by atoms with Crippen molar-refractivity contribution in [1.29, 1.82) is 0 Å². The van der Waals surface area contributed by atoms with E-state index in [-0.39, 0.29) is 38.7 Å². The molecule has 0 atom stereocenters. The third-order valence-corrected chi connectivity index (χ3v) is 1.42. The Hall–Kier alpha value is -0.336. The van der Waals surface area contributed by atoms with Crippen LogP contribution in [0, 0.1) is 6.92 Å². The van der Waals surface area contributed by atoms with Gasteiger partial charge >= 0.3 is 0 Å². The van der Waals surface area contributed by atoms with Crippen molar-refractivity contribution < 1.29 is 42.2 Å². The summed E-state index contributed by atoms with van der Waals surface area (Å²) >= 11 is 0. The van der Waals surface area contributed by atoms with E-state index >= 15 is 0 Å². The van der Waals surface area contributed by atoms with Crippen LogP contribution in [0.1, 0.15) is 15.9 Å². The number of esters is 1. The second-order valence-corrected chi connectivity index (χ2v) is 2.15. The smallest absolute Gasteiger partial charge is 0.281 e. The molecule has 0 saturated heterocycles. The van der Waals surface area contributed by atoms with Crippen LogP contribution in [-0.2, 0) is 37.4 Å². The number of benzene rings is 1. The van der Waals surface area contributed by atoms with Gasteiger partial charge in [0.1, 0.15) is 0 Å². The zero-order valence-corrected chi connectivity index (χ0v) is 9.75. The molecule has 0 N–H and O–H groups in total. The Kier molecular flexibility index (Phi) is 5.18. The first-order valence-corrected chi connectivity index (χ1v) is 3.25. The van der Waals surface area contributed by atoms with Gasteiger partial charge in [-0.3, -0.25) is 4.79 Å². The summed E-state index contributed by atoms with van der Waals surface area (Å²) in [6.07, 6.45) is 0. The summed E-state index contributed by atoms with van der Waals surface area (Å²) in [5, 5.41) is 0. The van der Waals surface area contributed by atoms with Crippen molar-refractivity contribution in [3.63, 3.8) is 0 Å². The van der Waals surface area contributed by atoms with Crippen LogP contribution in [0.15, 0.2) is 24.3 Å². The minimum absolute atomic E-state index is 0. The number of ether oxygens (including phenoxy) is 1. The molecule has 12 heavy (non-hydrogen) atoms. The van der Waals surface area contributed by atoms with Crippen LogP contribution in [0.3, 0.4) is 0 Å². The van der Waals surface area contributed by atoms with Gasteiger partial charge in [-0.2, -0.15) is 18.6 Å². The predicted molar refractivity (Wildman–Crippen MR) is 42.2 cm³/mol. The fourth-order valence-electron chi connectivity index (χ4n) is 0.829. The number of methoxy groups -OCH3 is 1. The first-order valence-electron chi connectivity index (χ1n) is 3.25. The molecular weight excluding hydrogens is 229 g/mol. The van der Waals surface area contributed by atoms with Crippen molar-refractivity contribution in [3.8, 4) is 0 Å². The van der Waals surface area contributed by atoms with Crippen LogP contribution in [0.5, 0.6) is 0 Å². The van der Waals surface area contributed by atoms with E-state index in [2.05, 4.69) is 11.7 Å². The molecular formula is C9H9O2Y-. The minimum atomic E-state index is -0.337. The molecule has 2 nitrogen and oxygen atoms in total. The normalized spacial score (nSPS) is 8.42. The fraction of sp³-hybridized carbons (Fsp3) is 0.111. The molecule has 0 amide bonds. The molecule has 1 aromatic rings. The summed E-state index contributed by atoms with van der Waals surface area (Å²) in [6, 6.07) is 7.07. The average Bonchev–Trinajstić information content (AvgIpc) is 2.04. The van der Waals surface area contributed by atoms with Gasteiger partial charge in [0.05, 0.1) is 7.11 Å². The van der Waals surface area contributed by atoms with Gasteiger partial charge in [-0.15, -0.1) is 12.1 Å². The molecule has 0 aliphatic heterocycles. The van der Waals surface area contributed by atoms with E-state index in [1.54, 1.807) is 18.2 Å². The molecule has 61 valence electrons. The Morgan fingerprint density at radius 3 is 2.50 bits per heavy atom. The van der Waals surface area contributed by atoms with E-state index in [4.69, 9.17) is 0 Å². The van der Waals surface area contributed by atoms with Crippen LogP contribution in [0.25, 0.3) is 0 Å². The van der Waals surface area contributed by atoms with Crippen LogP contribution in [0.2, 0.25) is 0 Å². The summed E-state index contributed by atoms with van der Waals surface area (Å²) in [6.45, 7) is 3.69. The van der Waals surface area contributed by atoms with Crippen molar-refractivity contribution in [2.24, 2.45) is 0 Å². The second-order valence-electron chi connectivity index (χ2n) is 2.15. The van der Waals surface area contributed by atoms with Gasteiger partial charge in [0.25, 0.3) is 5.97 Å². The molecule has 0 fully saturated rings. The molecule has 0 saturated carbocycles. The van der Waals surface area contributed by atoms with Crippen molar-refractivity contribution in [3.05, 3.63) is 42.3 Å². The zero-order chi connectivity index (χ0) is 8.27. The molecule has 1 radical (unpaired) electrons. The maximum atomic E-state index is 11.0. The Morgan fingerprint density at radius 1 is 1.42 bits per heavy atom. The summed E-state index contributed by atoms with van der Waals surface area (Å²) < 4.78 is 4.54. The second kappa shape index (κ2) is 5.33. The molecule has 0 spiro atoms. The van der Waals surface area contributed by atoms with Crippen LogP contribution < -0.4 is 0 Å². The predicted octanol–water partition coefficient (Wildman–Crippen LogP) is 1.65. The standard InChI is InChI=1S/C9H9O2.Y/c1-7-5-3-4-6-8(7)9(10)11-2;/h3-6H,1H2,2H3;/q-1;. The number of carbonyl (C=O) groups excluding carboxylic acids is 1. The van der Waals surface area contributed by atoms with E-state index < -0.39 is 0 Å². The fourth-order valence-corrected chi connectivity index (χ4v) is 0.829. The third-order valence-electron chi connectivity index (χ3n) is 1.42. The van der Waals surface area contributed by atoms with Crippen LogP contribution in [-0.4, -0.2) is 13.1 Å². The summed E-state index contributed by atoms with van der Waals surface area (Å²) in [5.74, 6) is -0.337. The number of rotatable bonds is 1. The van der Waals surface area contributed by atoms with Gasteiger partial charge in [-0.25, -0.2) is 0 Å². The van der Waals surface area contributed by atoms with Gasteiger partial charge in [0.15, 0.2) is 0 Å². The molecule has 0 unspecified atom stereocenters. The average molecular weight is 238 g/mol. The number of hydrogen-bond donors (Lipinski definition) is 0. The SMILES string of the molecule is [CH2-]c1ccccc1C(=O)OC.[Y]. The Labute approximate surface area is 97.2 Å². The third kappa shape index (κ3) is 2.61. The molecule has 0 heterocycles. The minimum Gasteiger partial charge on any atom is -0.475 e. The van der Waals surface area contributed by atoms with E-state index in [1.165, 1.54) is 7.11 Å². The molecule has 0 aliphatic carbocycles. The Bertz CT molecular complexity index is 271. The van der Waals surface area contributed by atoms with Gasteiger partial charge in [0, 0.05) is 32.7 Å². The molecule has 1 rings (SSSR count). The van der Waals surface area contributed by atoms with Gasteiger partial charge in [-0.05, 0) is 5.56 Å². The monoisotopic (exact) mass is 238 g/mol. The molecule has 0 aromatic heterocycles. The topological polar surface area (TPSA) is 26.3 Å². The van der Waals surface area contributed by atoms with Gasteiger partial charge in [0.2, 0.25) is 0 Å². The Morgan fingerprint density at radius 2 is 2.00 bits per heavy atom. The summed E-state index contributed by atoms with van der Waals surface area (Å²) in [4.78, 5) is 11.0. The molecule has 0 bridgehead atoms. The van der Waals surface area contributed by atoms with Crippen LogP contribution in [0.4, 0.5) is 0 Å². The maximum absolute atomic E-state index is 11.0. The number of hydrogen-bond acceptors (Lipinski definition) is 2. The van der Waals surface area contributed by atoms with E-state index in [0.717, 1.165) is 0 Å². The van der Waals surface area contributed by atoms with Crippen molar-refractivity contribution in [1.82, 2.24) is 0 Å². The van der Waals surface area contributed by atoms with Gasteiger partial charge < -0.3 is 4.74 Å². The van der Waals surface area contributed by atoms with Crippen LogP contribution >= 0.6 is 0 Å². The van der Waals surface area contributed by atoms with E-state index in [9.17, 15) is 4.79 Å². The quantitative estimate of drug-likeness (QED) is 0.549. The van der Waals surface area contributed by atoms with E-state index in [1.807, 2.05) is 6.07 Å². The summed E-state index contributed by atoms with van der Waals surface area (Å²) in [5.41, 5.74) is 1.22. The largest absolute Gasteiger partial charge is 0.475 e. The molecule has 0 aliphatic rings. The van der Waals surface area contributed by atoms with Crippen molar-refractivity contribution in [2.45, 2.75) is 0 Å². The zero-order valence-electron chi connectivity index (χ0n) is 6.91.